The number of aliphatic carboxylic acids is 1. The molecule has 0 aliphatic carbocycles. The number of nitrogens with one attached hydrogen (secondary N) is 2. The third-order valence-corrected chi connectivity index (χ3v) is 6.65. The van der Waals surface area contributed by atoms with Crippen LogP contribution in [-0.4, -0.2) is 48.4 Å². The molecule has 3 N–H and O–H groups in total. The molecule has 0 aliphatic heterocycles. The Hall–Kier alpha value is -2.30. The Morgan fingerprint density at radius 1 is 1.09 bits per heavy atom. The summed E-state index contributed by atoms with van der Waals surface area (Å²) in [6.45, 7) is 7.18. The molecule has 0 fully saturated rings. The highest BCUT2D eigenvalue weighted by molar-refractivity contribution is 8.76. The van der Waals surface area contributed by atoms with Crippen molar-refractivity contribution in [3.05, 3.63) is 84.2 Å². The van der Waals surface area contributed by atoms with Crippen LogP contribution < -0.4 is 10.0 Å². The lowest BCUT2D eigenvalue weighted by Crippen LogP contribution is -2.16. The zero-order chi connectivity index (χ0) is 26.3. The maximum absolute atomic E-state index is 9.54. The van der Waals surface area contributed by atoms with Crippen molar-refractivity contribution in [2.75, 3.05) is 25.6 Å². The van der Waals surface area contributed by atoms with E-state index in [9.17, 15) is 4.79 Å². The number of carbonyl (C=O) groups excluding carboxylic acids is 1. The number of aryl methyl sites for hydroxylation is 1. The normalized spacial score (nSPS) is 9.37. The van der Waals surface area contributed by atoms with Gasteiger partial charge in [-0.05, 0) is 88.2 Å². The molecule has 6 nitrogen and oxygen atoms in total. The Labute approximate surface area is 221 Å². The van der Waals surface area contributed by atoms with Gasteiger partial charge in [-0.1, -0.05) is 49.4 Å². The molecule has 0 atom stereocenters. The largest absolute Gasteiger partial charge is 0.480 e. The lowest BCUT2D eigenvalue weighted by Gasteiger charge is -2.10. The van der Waals surface area contributed by atoms with Crippen molar-refractivity contribution in [1.82, 2.24) is 15.0 Å². The average molecular weight is 534 g/mol. The number of hydrogen-bond donors (Lipinski definition) is 3. The van der Waals surface area contributed by atoms with Crippen LogP contribution >= 0.6 is 33.5 Å². The number of likely N-dealkylation sites (N-methyl/N-ethyl adjacent to an activating group) is 1. The number of carboxylic acid groups (broad SMARTS) is 1. The third-order valence-electron chi connectivity index (χ3n) is 4.11. The maximum Gasteiger partial charge on any atom is 0.317 e. The summed E-state index contributed by atoms with van der Waals surface area (Å²) in [5.41, 5.74) is 5.16. The van der Waals surface area contributed by atoms with E-state index in [-0.39, 0.29) is 6.54 Å². The first-order chi connectivity index (χ1) is 17.0. The fourth-order valence-electron chi connectivity index (χ4n) is 2.45. The number of carbonyl (C=O) groups is 2. The highest BCUT2D eigenvalue weighted by atomic mass is 33.1. The predicted molar refractivity (Wildman–Crippen MR) is 154 cm³/mol. The number of pyridine rings is 1. The minimum atomic E-state index is -0.822. The minimum absolute atomic E-state index is 0.0417. The molecule has 0 saturated carbocycles. The quantitative estimate of drug-likeness (QED) is 0.175. The van der Waals surface area contributed by atoms with Crippen LogP contribution in [0.3, 0.4) is 0 Å². The van der Waals surface area contributed by atoms with Gasteiger partial charge in [-0.15, -0.1) is 0 Å². The van der Waals surface area contributed by atoms with Gasteiger partial charge in [0.2, 0.25) is 0 Å². The second-order valence-electron chi connectivity index (χ2n) is 6.69. The Bertz CT molecular complexity index is 931. The van der Waals surface area contributed by atoms with E-state index < -0.39 is 5.97 Å². The molecule has 190 valence electrons. The Kier molecular flexibility index (Phi) is 20.7. The van der Waals surface area contributed by atoms with Crippen molar-refractivity contribution >= 4 is 46.3 Å². The number of carboxylic acids is 1. The topological polar surface area (TPSA) is 91.3 Å². The highest BCUT2D eigenvalue weighted by Gasteiger charge is 2.03. The summed E-state index contributed by atoms with van der Waals surface area (Å²) >= 11 is 1.86. The van der Waals surface area contributed by atoms with Crippen LogP contribution in [0.1, 0.15) is 18.1 Å². The number of hydrogen-bond acceptors (Lipinski definition) is 8. The molecule has 0 unspecified atom stereocenters. The van der Waals surface area contributed by atoms with E-state index in [1.807, 2.05) is 30.8 Å². The molecule has 1 aromatic heterocycles. The molecule has 1 heterocycles. The zero-order valence-corrected chi connectivity index (χ0v) is 23.1. The summed E-state index contributed by atoms with van der Waals surface area (Å²) in [7, 11) is 4.91. The Morgan fingerprint density at radius 2 is 1.77 bits per heavy atom. The summed E-state index contributed by atoms with van der Waals surface area (Å²) in [5, 5.41) is 10.3. The molecule has 35 heavy (non-hydrogen) atoms. The van der Waals surface area contributed by atoms with Gasteiger partial charge >= 0.3 is 5.97 Å². The molecule has 0 aliphatic rings. The smallest absolute Gasteiger partial charge is 0.317 e. The summed E-state index contributed by atoms with van der Waals surface area (Å²) in [5.74, 6) is 0.414. The zero-order valence-electron chi connectivity index (χ0n) is 20.7. The second kappa shape index (κ2) is 22.2. The van der Waals surface area contributed by atoms with E-state index in [4.69, 9.17) is 9.90 Å². The molecule has 0 radical (unpaired) electrons. The van der Waals surface area contributed by atoms with E-state index in [0.29, 0.717) is 0 Å². The van der Waals surface area contributed by atoms with Crippen LogP contribution in [0.25, 0.3) is 11.1 Å². The predicted octanol–water partition coefficient (Wildman–Crippen LogP) is 5.98. The van der Waals surface area contributed by atoms with Crippen LogP contribution in [0, 0.1) is 6.92 Å². The number of rotatable bonds is 9. The standard InChI is InChI=1S/C19H18N2S2.C3H7NO2.C3H8S.CH2O/c1-15-9-10-16(12-19(15)17-6-3-2-4-7-17)13-21-23-22-18-8-5-11-20-14-18;1-4-2-3(5)6;1-3-4-2;1-2/h2-12,14,21H,13H2,1H3;4H,2H2,1H3,(H,5,6);3H2,1-2H3;1H2. The molecular formula is C26H35N3O3S3. The van der Waals surface area contributed by atoms with E-state index >= 15 is 0 Å². The molecular weight excluding hydrogens is 499 g/mol. The van der Waals surface area contributed by atoms with Crippen molar-refractivity contribution in [2.24, 2.45) is 0 Å². The van der Waals surface area contributed by atoms with E-state index in [0.717, 1.165) is 11.4 Å². The van der Waals surface area contributed by atoms with Gasteiger partial charge in [-0.25, -0.2) is 0 Å². The van der Waals surface area contributed by atoms with Gasteiger partial charge in [0, 0.05) is 23.8 Å². The van der Waals surface area contributed by atoms with Gasteiger partial charge in [-0.3, -0.25) is 14.5 Å². The number of thioether (sulfide) groups is 1. The van der Waals surface area contributed by atoms with Crippen molar-refractivity contribution < 1.29 is 14.7 Å². The average Bonchev–Trinajstić information content (AvgIpc) is 2.90. The summed E-state index contributed by atoms with van der Waals surface area (Å²) < 4.78 is 3.40. The monoisotopic (exact) mass is 533 g/mol. The van der Waals surface area contributed by atoms with Crippen LogP contribution in [0.15, 0.2) is 78.0 Å². The fraction of sp³-hybridized carbons (Fsp3) is 0.269. The molecule has 0 bridgehead atoms. The summed E-state index contributed by atoms with van der Waals surface area (Å²) in [6, 6.07) is 21.2. The lowest BCUT2D eigenvalue weighted by molar-refractivity contribution is -0.135. The van der Waals surface area contributed by atoms with Gasteiger partial charge < -0.3 is 15.2 Å². The van der Waals surface area contributed by atoms with Crippen molar-refractivity contribution in [2.45, 2.75) is 25.3 Å². The molecule has 0 saturated heterocycles. The first kappa shape index (κ1) is 32.7. The SMILES string of the molecule is C=O.CCSC.CNCC(=O)O.Cc1ccc(CNSSc2cccnc2)cc1-c1ccccc1. The first-order valence-corrected chi connectivity index (χ1v) is 14.3. The van der Waals surface area contributed by atoms with E-state index in [1.54, 1.807) is 35.0 Å². The van der Waals surface area contributed by atoms with Gasteiger partial charge in [0.05, 0.1) is 6.54 Å². The van der Waals surface area contributed by atoms with Crippen LogP contribution in [-0.2, 0) is 16.1 Å². The summed E-state index contributed by atoms with van der Waals surface area (Å²) in [6.07, 6.45) is 5.76. The Balaban J connectivity index is 0.000000810. The molecule has 2 aromatic carbocycles. The lowest BCUT2D eigenvalue weighted by atomic mass is 9.98. The van der Waals surface area contributed by atoms with Gasteiger partial charge in [0.1, 0.15) is 6.79 Å². The Morgan fingerprint density at radius 3 is 2.29 bits per heavy atom. The first-order valence-electron chi connectivity index (χ1n) is 10.8. The van der Waals surface area contributed by atoms with Gasteiger partial charge in [-0.2, -0.15) is 11.8 Å². The number of nitrogens with zero attached hydrogens (tertiary/aromatic N) is 1. The summed E-state index contributed by atoms with van der Waals surface area (Å²) in [4.78, 5) is 22.8. The fourth-order valence-corrected chi connectivity index (χ4v) is 4.00. The molecule has 0 spiro atoms. The van der Waals surface area contributed by atoms with E-state index in [2.05, 4.69) is 89.7 Å². The molecule has 9 heteroatoms. The van der Waals surface area contributed by atoms with Crippen LogP contribution in [0.4, 0.5) is 0 Å². The number of aromatic nitrogens is 1. The van der Waals surface area contributed by atoms with Crippen LogP contribution in [0.5, 0.6) is 0 Å². The van der Waals surface area contributed by atoms with E-state index in [1.165, 1.54) is 28.0 Å². The van der Waals surface area contributed by atoms with Crippen molar-refractivity contribution in [3.8, 4) is 11.1 Å². The second-order valence-corrected chi connectivity index (χ2v) is 9.94. The highest BCUT2D eigenvalue weighted by Crippen LogP contribution is 2.28. The van der Waals surface area contributed by atoms with Gasteiger partial charge in [0.25, 0.3) is 0 Å². The third kappa shape index (κ3) is 16.1. The maximum atomic E-state index is 9.54. The molecule has 3 rings (SSSR count). The minimum Gasteiger partial charge on any atom is -0.480 e. The van der Waals surface area contributed by atoms with Gasteiger partial charge in [0.15, 0.2) is 0 Å². The van der Waals surface area contributed by atoms with Crippen molar-refractivity contribution in [3.63, 3.8) is 0 Å². The number of benzene rings is 2. The molecule has 0 amide bonds. The molecule has 3 aromatic rings. The van der Waals surface area contributed by atoms with Crippen LogP contribution in [0.2, 0.25) is 0 Å². The van der Waals surface area contributed by atoms with Crippen molar-refractivity contribution in [1.29, 1.82) is 0 Å².